The molecule has 3 N–H and O–H groups in total. The summed E-state index contributed by atoms with van der Waals surface area (Å²) < 4.78 is 0. The minimum atomic E-state index is -1.42. The highest BCUT2D eigenvalue weighted by Crippen LogP contribution is 2.37. The maximum absolute atomic E-state index is 12.4. The number of nitrogens with zero attached hydrogens (tertiary/aromatic N) is 1. The van der Waals surface area contributed by atoms with E-state index in [1.807, 2.05) is 7.05 Å². The van der Waals surface area contributed by atoms with E-state index in [2.05, 4.69) is 20.9 Å². The number of imide groups is 2. The summed E-state index contributed by atoms with van der Waals surface area (Å²) >= 11 is 0. The van der Waals surface area contributed by atoms with Gasteiger partial charge in [0, 0.05) is 13.5 Å². The van der Waals surface area contributed by atoms with E-state index < -0.39 is 23.3 Å². The van der Waals surface area contributed by atoms with Crippen LogP contribution in [-0.4, -0.2) is 55.3 Å². The Morgan fingerprint density at radius 3 is 2.24 bits per heavy atom. The zero-order valence-corrected chi connectivity index (χ0v) is 12.2. The number of hydrogen-bond acceptors (Lipinski definition) is 5. The highest BCUT2D eigenvalue weighted by Gasteiger charge is 2.55. The number of amides is 5. The minimum Gasteiger partial charge on any atom is -0.355 e. The number of piperidine rings is 1. The SMILES string of the molecule is CC(=O)NCC1(C2CCN(C)CC2)C(=O)NC(=O)NC1=O. The molecule has 0 atom stereocenters. The summed E-state index contributed by atoms with van der Waals surface area (Å²) in [4.78, 5) is 49.3. The molecule has 0 unspecified atom stereocenters. The topological polar surface area (TPSA) is 108 Å². The molecule has 0 bridgehead atoms. The first-order valence-corrected chi connectivity index (χ1v) is 6.96. The summed E-state index contributed by atoms with van der Waals surface area (Å²) in [6, 6.07) is -0.809. The highest BCUT2D eigenvalue weighted by molar-refractivity contribution is 6.19. The number of carbonyl (C=O) groups is 4. The van der Waals surface area contributed by atoms with Crippen LogP contribution in [0.3, 0.4) is 0 Å². The number of likely N-dealkylation sites (tertiary alicyclic amines) is 1. The Balaban J connectivity index is 2.29. The smallest absolute Gasteiger partial charge is 0.328 e. The van der Waals surface area contributed by atoms with Gasteiger partial charge in [0.05, 0.1) is 0 Å². The monoisotopic (exact) mass is 296 g/mol. The zero-order valence-electron chi connectivity index (χ0n) is 12.2. The molecule has 0 aliphatic carbocycles. The lowest BCUT2D eigenvalue weighted by molar-refractivity contribution is -0.149. The molecule has 2 aliphatic rings. The van der Waals surface area contributed by atoms with Crippen molar-refractivity contribution in [1.82, 2.24) is 20.9 Å². The molecule has 2 fully saturated rings. The van der Waals surface area contributed by atoms with E-state index in [-0.39, 0.29) is 18.4 Å². The number of nitrogens with one attached hydrogen (secondary N) is 3. The quantitative estimate of drug-likeness (QED) is 0.568. The third-order valence-electron chi connectivity index (χ3n) is 4.30. The van der Waals surface area contributed by atoms with Crippen LogP contribution in [0.15, 0.2) is 0 Å². The van der Waals surface area contributed by atoms with E-state index in [4.69, 9.17) is 0 Å². The molecule has 2 aliphatic heterocycles. The van der Waals surface area contributed by atoms with Gasteiger partial charge in [-0.1, -0.05) is 0 Å². The molecule has 8 nitrogen and oxygen atoms in total. The summed E-state index contributed by atoms with van der Waals surface area (Å²) in [5.74, 6) is -1.78. The van der Waals surface area contributed by atoms with Crippen LogP contribution in [0.5, 0.6) is 0 Å². The zero-order chi connectivity index (χ0) is 15.6. The summed E-state index contributed by atoms with van der Waals surface area (Å²) in [6.07, 6.45) is 1.32. The molecule has 0 saturated carbocycles. The Hall–Kier alpha value is -1.96. The third-order valence-corrected chi connectivity index (χ3v) is 4.30. The molecule has 0 aromatic carbocycles. The van der Waals surface area contributed by atoms with E-state index in [1.165, 1.54) is 6.92 Å². The lowest BCUT2D eigenvalue weighted by Crippen LogP contribution is -2.68. The molecule has 8 heteroatoms. The van der Waals surface area contributed by atoms with Crippen molar-refractivity contribution in [2.24, 2.45) is 11.3 Å². The fraction of sp³-hybridized carbons (Fsp3) is 0.692. The van der Waals surface area contributed by atoms with Gasteiger partial charge in [-0.25, -0.2) is 4.79 Å². The van der Waals surface area contributed by atoms with Crippen molar-refractivity contribution in [3.05, 3.63) is 0 Å². The van der Waals surface area contributed by atoms with Gasteiger partial charge >= 0.3 is 6.03 Å². The van der Waals surface area contributed by atoms with Crippen molar-refractivity contribution in [3.63, 3.8) is 0 Å². The first-order chi connectivity index (χ1) is 9.86. The molecule has 0 aromatic heterocycles. The summed E-state index contributed by atoms with van der Waals surface area (Å²) in [7, 11) is 1.97. The molecule has 0 aromatic rings. The van der Waals surface area contributed by atoms with Gasteiger partial charge in [-0.2, -0.15) is 0 Å². The van der Waals surface area contributed by atoms with Crippen molar-refractivity contribution in [3.8, 4) is 0 Å². The Bertz CT molecular complexity index is 463. The molecular weight excluding hydrogens is 276 g/mol. The second kappa shape index (κ2) is 5.80. The van der Waals surface area contributed by atoms with Gasteiger partial charge in [0.15, 0.2) is 0 Å². The average molecular weight is 296 g/mol. The van der Waals surface area contributed by atoms with Gasteiger partial charge in [-0.05, 0) is 38.9 Å². The molecule has 2 saturated heterocycles. The van der Waals surface area contributed by atoms with Gasteiger partial charge in [0.25, 0.3) is 0 Å². The molecule has 2 heterocycles. The fourth-order valence-corrected chi connectivity index (χ4v) is 3.00. The van der Waals surface area contributed by atoms with Gasteiger partial charge in [0.1, 0.15) is 5.41 Å². The normalized spacial score (nSPS) is 23.4. The van der Waals surface area contributed by atoms with Gasteiger partial charge < -0.3 is 10.2 Å². The molecule has 116 valence electrons. The number of barbiturate groups is 1. The van der Waals surface area contributed by atoms with Gasteiger partial charge in [0.2, 0.25) is 17.7 Å². The van der Waals surface area contributed by atoms with Crippen LogP contribution in [0.2, 0.25) is 0 Å². The fourth-order valence-electron chi connectivity index (χ4n) is 3.00. The number of urea groups is 1. The predicted octanol–water partition coefficient (Wildman–Crippen LogP) is -1.18. The average Bonchev–Trinajstić information content (AvgIpc) is 2.39. The molecular formula is C13H20N4O4. The maximum atomic E-state index is 12.4. The number of hydrogen-bond donors (Lipinski definition) is 3. The largest absolute Gasteiger partial charge is 0.355 e. The molecule has 5 amide bonds. The van der Waals surface area contributed by atoms with Crippen molar-refractivity contribution in [1.29, 1.82) is 0 Å². The lowest BCUT2D eigenvalue weighted by Gasteiger charge is -2.43. The summed E-state index contributed by atoms with van der Waals surface area (Å²) in [6.45, 7) is 2.76. The van der Waals surface area contributed by atoms with Crippen LogP contribution in [0.25, 0.3) is 0 Å². The van der Waals surface area contributed by atoms with Crippen LogP contribution in [0.1, 0.15) is 19.8 Å². The molecule has 2 rings (SSSR count). The third kappa shape index (κ3) is 2.90. The van der Waals surface area contributed by atoms with Crippen LogP contribution in [0, 0.1) is 11.3 Å². The van der Waals surface area contributed by atoms with Gasteiger partial charge in [-0.3, -0.25) is 25.0 Å². The van der Waals surface area contributed by atoms with E-state index in [9.17, 15) is 19.2 Å². The molecule has 0 spiro atoms. The van der Waals surface area contributed by atoms with Crippen LogP contribution >= 0.6 is 0 Å². The van der Waals surface area contributed by atoms with E-state index >= 15 is 0 Å². The van der Waals surface area contributed by atoms with E-state index in [0.717, 1.165) is 13.1 Å². The standard InChI is InChI=1S/C13H20N4O4/c1-8(18)14-7-13(9-3-5-17(2)6-4-9)10(19)15-12(21)16-11(13)20/h9H,3-7H2,1-2H3,(H,14,18)(H2,15,16,19,20,21). The maximum Gasteiger partial charge on any atom is 0.328 e. The second-order valence-corrected chi connectivity index (χ2v) is 5.70. The Kier molecular flexibility index (Phi) is 4.26. The van der Waals surface area contributed by atoms with E-state index in [1.54, 1.807) is 0 Å². The molecule has 0 radical (unpaired) electrons. The van der Waals surface area contributed by atoms with Crippen molar-refractivity contribution < 1.29 is 19.2 Å². The Morgan fingerprint density at radius 2 is 1.76 bits per heavy atom. The summed E-state index contributed by atoms with van der Waals surface area (Å²) in [5.41, 5.74) is -1.42. The summed E-state index contributed by atoms with van der Waals surface area (Å²) in [5, 5.41) is 6.87. The number of carbonyl (C=O) groups excluding carboxylic acids is 4. The second-order valence-electron chi connectivity index (χ2n) is 5.70. The van der Waals surface area contributed by atoms with Crippen molar-refractivity contribution >= 4 is 23.8 Å². The van der Waals surface area contributed by atoms with Crippen LogP contribution in [0.4, 0.5) is 4.79 Å². The molecule has 21 heavy (non-hydrogen) atoms. The van der Waals surface area contributed by atoms with Crippen LogP contribution < -0.4 is 16.0 Å². The number of rotatable bonds is 3. The first kappa shape index (κ1) is 15.4. The van der Waals surface area contributed by atoms with Crippen LogP contribution in [-0.2, 0) is 14.4 Å². The van der Waals surface area contributed by atoms with Gasteiger partial charge in [-0.15, -0.1) is 0 Å². The Labute approximate surface area is 122 Å². The minimum absolute atomic E-state index is 0.0956. The van der Waals surface area contributed by atoms with Crippen molar-refractivity contribution in [2.75, 3.05) is 26.7 Å². The van der Waals surface area contributed by atoms with Crippen molar-refractivity contribution in [2.45, 2.75) is 19.8 Å². The highest BCUT2D eigenvalue weighted by atomic mass is 16.2. The lowest BCUT2D eigenvalue weighted by atomic mass is 9.68. The van der Waals surface area contributed by atoms with E-state index in [0.29, 0.717) is 12.8 Å². The predicted molar refractivity (Wildman–Crippen MR) is 73.0 cm³/mol. The Morgan fingerprint density at radius 1 is 1.24 bits per heavy atom. The first-order valence-electron chi connectivity index (χ1n) is 6.96.